The lowest BCUT2D eigenvalue weighted by Crippen LogP contribution is -2.24. The minimum Gasteiger partial charge on any atom is -0.496 e. The fraction of sp³-hybridized carbons (Fsp3) is 0.333. The molecule has 0 spiro atoms. The van der Waals surface area contributed by atoms with E-state index in [0.717, 1.165) is 0 Å². The molecule has 9 heteroatoms. The van der Waals surface area contributed by atoms with Gasteiger partial charge in [-0.1, -0.05) is 0 Å². The van der Waals surface area contributed by atoms with Crippen molar-refractivity contribution in [3.63, 3.8) is 0 Å². The van der Waals surface area contributed by atoms with Gasteiger partial charge < -0.3 is 9.84 Å². The number of nitrogens with one attached hydrogen (secondary N) is 1. The van der Waals surface area contributed by atoms with Crippen LogP contribution in [0.15, 0.2) is 29.4 Å². The molecule has 0 radical (unpaired) electrons. The minimum absolute atomic E-state index is 0.0103. The van der Waals surface area contributed by atoms with Gasteiger partial charge >= 0.3 is 0 Å². The number of aromatic nitrogens is 3. The first-order valence-corrected chi connectivity index (χ1v) is 7.56. The molecule has 2 rings (SSSR count). The summed E-state index contributed by atoms with van der Waals surface area (Å²) < 4.78 is 33.3. The van der Waals surface area contributed by atoms with Crippen LogP contribution in [-0.4, -0.2) is 35.4 Å². The summed E-state index contributed by atoms with van der Waals surface area (Å²) in [5, 5.41) is 13.2. The SMILES string of the molecule is COc1ccc(S(=O)(=O)NCc2ncn(C)n2)cc1CO. The van der Waals surface area contributed by atoms with Gasteiger partial charge in [0.15, 0.2) is 5.82 Å². The summed E-state index contributed by atoms with van der Waals surface area (Å²) in [5.41, 5.74) is 0.399. The molecule has 2 N–H and O–H groups in total. The van der Waals surface area contributed by atoms with Crippen molar-refractivity contribution in [2.45, 2.75) is 18.0 Å². The van der Waals surface area contributed by atoms with Crippen LogP contribution in [0.5, 0.6) is 5.75 Å². The Labute approximate surface area is 122 Å². The third-order valence-electron chi connectivity index (χ3n) is 2.80. The second kappa shape index (κ2) is 6.20. The summed E-state index contributed by atoms with van der Waals surface area (Å²) >= 11 is 0. The highest BCUT2D eigenvalue weighted by atomic mass is 32.2. The molecule has 2 aromatic rings. The van der Waals surface area contributed by atoms with Crippen molar-refractivity contribution in [1.29, 1.82) is 0 Å². The van der Waals surface area contributed by atoms with Gasteiger partial charge in [-0.15, -0.1) is 0 Å². The summed E-state index contributed by atoms with van der Waals surface area (Å²) in [4.78, 5) is 3.98. The predicted molar refractivity (Wildman–Crippen MR) is 73.9 cm³/mol. The Morgan fingerprint density at radius 3 is 2.76 bits per heavy atom. The molecular weight excluding hydrogens is 296 g/mol. The van der Waals surface area contributed by atoms with Crippen LogP contribution in [0.1, 0.15) is 11.4 Å². The lowest BCUT2D eigenvalue weighted by Gasteiger charge is -2.10. The van der Waals surface area contributed by atoms with Crippen LogP contribution in [0.2, 0.25) is 0 Å². The summed E-state index contributed by atoms with van der Waals surface area (Å²) in [7, 11) is -0.564. The molecule has 8 nitrogen and oxygen atoms in total. The van der Waals surface area contributed by atoms with Gasteiger partial charge in [0.2, 0.25) is 10.0 Å². The smallest absolute Gasteiger partial charge is 0.240 e. The number of aliphatic hydroxyl groups is 1. The van der Waals surface area contributed by atoms with Crippen molar-refractivity contribution >= 4 is 10.0 Å². The van der Waals surface area contributed by atoms with Crippen molar-refractivity contribution in [3.05, 3.63) is 35.9 Å². The van der Waals surface area contributed by atoms with Crippen molar-refractivity contribution in [1.82, 2.24) is 19.5 Å². The Bertz CT molecular complexity index is 727. The molecule has 0 unspecified atom stereocenters. The van der Waals surface area contributed by atoms with E-state index in [-0.39, 0.29) is 18.0 Å². The lowest BCUT2D eigenvalue weighted by atomic mass is 10.2. The molecule has 1 aromatic heterocycles. The number of nitrogens with zero attached hydrogens (tertiary/aromatic N) is 3. The second-order valence-corrected chi connectivity index (χ2v) is 6.06. The number of benzene rings is 1. The fourth-order valence-corrected chi connectivity index (χ4v) is 2.78. The Kier molecular flexibility index (Phi) is 4.56. The zero-order chi connectivity index (χ0) is 15.5. The number of hydrogen-bond acceptors (Lipinski definition) is 6. The molecule has 0 saturated heterocycles. The number of aliphatic hydroxyl groups excluding tert-OH is 1. The molecule has 114 valence electrons. The summed E-state index contributed by atoms with van der Waals surface area (Å²) in [6.45, 7) is -0.321. The molecule has 0 bridgehead atoms. The molecular formula is C12H16N4O4S. The van der Waals surface area contributed by atoms with E-state index in [9.17, 15) is 13.5 Å². The first-order valence-electron chi connectivity index (χ1n) is 6.08. The number of hydrogen-bond donors (Lipinski definition) is 2. The molecule has 0 atom stereocenters. The third kappa shape index (κ3) is 3.57. The van der Waals surface area contributed by atoms with E-state index >= 15 is 0 Å². The van der Waals surface area contributed by atoms with Crippen LogP contribution in [0.25, 0.3) is 0 Å². The van der Waals surface area contributed by atoms with E-state index in [4.69, 9.17) is 4.74 Å². The number of sulfonamides is 1. The van der Waals surface area contributed by atoms with Crippen LogP contribution >= 0.6 is 0 Å². The highest BCUT2D eigenvalue weighted by Crippen LogP contribution is 2.22. The zero-order valence-electron chi connectivity index (χ0n) is 11.6. The van der Waals surface area contributed by atoms with Crippen molar-refractivity contribution in [3.8, 4) is 5.75 Å². The Balaban J connectivity index is 2.19. The van der Waals surface area contributed by atoms with Crippen molar-refractivity contribution < 1.29 is 18.3 Å². The molecule has 21 heavy (non-hydrogen) atoms. The van der Waals surface area contributed by atoms with Gasteiger partial charge in [-0.05, 0) is 18.2 Å². The average Bonchev–Trinajstić information content (AvgIpc) is 2.90. The third-order valence-corrected chi connectivity index (χ3v) is 4.20. The van der Waals surface area contributed by atoms with Crippen LogP contribution < -0.4 is 9.46 Å². The van der Waals surface area contributed by atoms with E-state index in [0.29, 0.717) is 17.1 Å². The van der Waals surface area contributed by atoms with E-state index in [2.05, 4.69) is 14.8 Å². The largest absolute Gasteiger partial charge is 0.496 e. The molecule has 0 aliphatic rings. The van der Waals surface area contributed by atoms with Crippen LogP contribution in [0, 0.1) is 0 Å². The van der Waals surface area contributed by atoms with Crippen LogP contribution in [0.3, 0.4) is 0 Å². The van der Waals surface area contributed by atoms with Crippen molar-refractivity contribution in [2.24, 2.45) is 7.05 Å². The Hall–Kier alpha value is -1.97. The summed E-state index contributed by atoms with van der Waals surface area (Å²) in [6.07, 6.45) is 1.49. The topological polar surface area (TPSA) is 106 Å². The monoisotopic (exact) mass is 312 g/mol. The van der Waals surface area contributed by atoms with Crippen molar-refractivity contribution in [2.75, 3.05) is 7.11 Å². The fourth-order valence-electron chi connectivity index (χ4n) is 1.75. The number of methoxy groups -OCH3 is 1. The van der Waals surface area contributed by atoms with Gasteiger partial charge in [-0.2, -0.15) is 5.10 Å². The number of aryl methyl sites for hydroxylation is 1. The molecule has 1 heterocycles. The van der Waals surface area contributed by atoms with Crippen LogP contribution in [0.4, 0.5) is 0 Å². The first-order chi connectivity index (χ1) is 9.96. The van der Waals surface area contributed by atoms with Gasteiger partial charge in [-0.3, -0.25) is 4.68 Å². The Morgan fingerprint density at radius 1 is 1.43 bits per heavy atom. The second-order valence-electron chi connectivity index (χ2n) is 4.29. The van der Waals surface area contributed by atoms with Gasteiger partial charge in [0.25, 0.3) is 0 Å². The van der Waals surface area contributed by atoms with E-state index in [1.54, 1.807) is 7.05 Å². The summed E-state index contributed by atoms with van der Waals surface area (Å²) in [6, 6.07) is 4.28. The number of ether oxygens (including phenoxy) is 1. The molecule has 0 aliphatic carbocycles. The first kappa shape index (κ1) is 15.4. The average molecular weight is 312 g/mol. The lowest BCUT2D eigenvalue weighted by molar-refractivity contribution is 0.273. The maximum Gasteiger partial charge on any atom is 0.240 e. The van der Waals surface area contributed by atoms with Gasteiger partial charge in [-0.25, -0.2) is 18.1 Å². The number of rotatable bonds is 6. The Morgan fingerprint density at radius 2 is 2.19 bits per heavy atom. The maximum absolute atomic E-state index is 12.2. The zero-order valence-corrected chi connectivity index (χ0v) is 12.5. The maximum atomic E-state index is 12.2. The molecule has 0 fully saturated rings. The molecule has 0 saturated carbocycles. The quantitative estimate of drug-likeness (QED) is 0.765. The van der Waals surface area contributed by atoms with Crippen LogP contribution in [-0.2, 0) is 30.2 Å². The van der Waals surface area contributed by atoms with Gasteiger partial charge in [0, 0.05) is 12.6 Å². The summed E-state index contributed by atoms with van der Waals surface area (Å²) in [5.74, 6) is 0.805. The van der Waals surface area contributed by atoms with E-state index in [1.165, 1.54) is 36.3 Å². The normalized spacial score (nSPS) is 11.6. The molecule has 1 aromatic carbocycles. The van der Waals surface area contributed by atoms with E-state index in [1.807, 2.05) is 0 Å². The minimum atomic E-state index is -3.71. The van der Waals surface area contributed by atoms with Gasteiger partial charge in [0.1, 0.15) is 12.1 Å². The predicted octanol–water partition coefficient (Wildman–Crippen LogP) is -0.206. The van der Waals surface area contributed by atoms with Gasteiger partial charge in [0.05, 0.1) is 25.2 Å². The molecule has 0 aliphatic heterocycles. The highest BCUT2D eigenvalue weighted by Gasteiger charge is 2.17. The standard InChI is InChI=1S/C12H16N4O4S/c1-16-8-13-12(15-16)6-14-21(18,19)10-3-4-11(20-2)9(5-10)7-17/h3-5,8,14,17H,6-7H2,1-2H3. The van der Waals surface area contributed by atoms with E-state index < -0.39 is 10.0 Å². The highest BCUT2D eigenvalue weighted by molar-refractivity contribution is 7.89. The molecule has 0 amide bonds.